The number of nitrogens with zero attached hydrogens (tertiary/aromatic N) is 1. The molecule has 1 aromatic rings. The van der Waals surface area contributed by atoms with E-state index in [-0.39, 0.29) is 57.3 Å². The number of anilines is 1. The minimum absolute atomic E-state index is 0.0000765. The highest BCUT2D eigenvalue weighted by atomic mass is 16.6. The molecular formula is C31H46N6O7. The second-order valence-corrected chi connectivity index (χ2v) is 11.3. The largest absolute Gasteiger partial charge is 0.444 e. The molecule has 1 rings (SSSR count). The van der Waals surface area contributed by atoms with Crippen LogP contribution in [0.1, 0.15) is 58.6 Å². The van der Waals surface area contributed by atoms with E-state index in [1.807, 2.05) is 13.8 Å². The zero-order valence-corrected chi connectivity index (χ0v) is 26.2. The molecule has 0 aromatic heterocycles. The van der Waals surface area contributed by atoms with E-state index in [1.165, 1.54) is 4.90 Å². The number of carbonyl (C=O) groups is 4. The van der Waals surface area contributed by atoms with Gasteiger partial charge < -0.3 is 41.6 Å². The number of aliphatic hydroxyl groups excluding tert-OH is 1. The standard InChI is InChI=1S/C31H46N6O7/c1-8-15-37(30(42)43-16-9-2)19-23-17-24(13-12-22(23)20-38)35-27(39)25(11-10-14-33-28(32)40)34-18-26(21(3)4)36-29(41)44-31(5,6)7/h1-2,12-13,17,21,25-26,34,38H,10-11,14-16,18-20H2,3-7H3,(H,35,39)(H,36,41)(H3,32,33,40)/t25-,26+/m0/s1. The van der Waals surface area contributed by atoms with Crippen molar-refractivity contribution in [1.29, 1.82) is 0 Å². The average Bonchev–Trinajstić information content (AvgIpc) is 2.93. The number of hydrogen-bond acceptors (Lipinski definition) is 8. The van der Waals surface area contributed by atoms with Gasteiger partial charge >= 0.3 is 18.2 Å². The van der Waals surface area contributed by atoms with Crippen molar-refractivity contribution in [2.75, 3.05) is 31.6 Å². The summed E-state index contributed by atoms with van der Waals surface area (Å²) in [5.74, 6) is 4.26. The van der Waals surface area contributed by atoms with E-state index >= 15 is 0 Å². The van der Waals surface area contributed by atoms with E-state index in [4.69, 9.17) is 28.1 Å². The monoisotopic (exact) mass is 614 g/mol. The molecule has 0 unspecified atom stereocenters. The van der Waals surface area contributed by atoms with Crippen LogP contribution in [0.25, 0.3) is 0 Å². The lowest BCUT2D eigenvalue weighted by Gasteiger charge is -2.28. The number of aliphatic hydroxyl groups is 1. The van der Waals surface area contributed by atoms with Crippen LogP contribution in [0.3, 0.4) is 0 Å². The molecule has 0 radical (unpaired) electrons. The molecule has 13 nitrogen and oxygen atoms in total. The molecule has 0 aliphatic rings. The SMILES string of the molecule is C#CCOC(=O)N(CC#C)Cc1cc(NC(=O)[C@H](CCCNC(N)=O)NC[C@@H](NC(=O)OC(C)(C)C)C(C)C)ccc1CO. The molecule has 0 aliphatic heterocycles. The van der Waals surface area contributed by atoms with Crippen LogP contribution in [0, 0.1) is 30.6 Å². The average molecular weight is 615 g/mol. The molecule has 0 saturated carbocycles. The first-order chi connectivity index (χ1) is 20.7. The van der Waals surface area contributed by atoms with E-state index in [9.17, 15) is 24.3 Å². The fourth-order valence-corrected chi connectivity index (χ4v) is 3.96. The maximum Gasteiger partial charge on any atom is 0.411 e. The number of nitrogens with two attached hydrogens (primary N) is 1. The van der Waals surface area contributed by atoms with Crippen molar-refractivity contribution in [3.8, 4) is 24.7 Å². The van der Waals surface area contributed by atoms with Crippen molar-refractivity contribution < 1.29 is 33.8 Å². The Morgan fingerprint density at radius 3 is 2.39 bits per heavy atom. The topological polar surface area (TPSA) is 184 Å². The number of hydrogen-bond donors (Lipinski definition) is 6. The smallest absolute Gasteiger partial charge is 0.411 e. The predicted molar refractivity (Wildman–Crippen MR) is 167 cm³/mol. The first kappa shape index (κ1) is 37.6. The molecule has 44 heavy (non-hydrogen) atoms. The Hall–Kier alpha value is -4.46. The van der Waals surface area contributed by atoms with E-state index in [1.54, 1.807) is 39.0 Å². The number of terminal acetylenes is 2. The van der Waals surface area contributed by atoms with Crippen LogP contribution in [-0.4, -0.2) is 78.1 Å². The van der Waals surface area contributed by atoms with Crippen molar-refractivity contribution in [3.63, 3.8) is 0 Å². The third-order valence-corrected chi connectivity index (χ3v) is 6.20. The minimum Gasteiger partial charge on any atom is -0.444 e. The van der Waals surface area contributed by atoms with Crippen LogP contribution < -0.4 is 27.0 Å². The lowest BCUT2D eigenvalue weighted by Crippen LogP contribution is -2.51. The summed E-state index contributed by atoms with van der Waals surface area (Å²) >= 11 is 0. The summed E-state index contributed by atoms with van der Waals surface area (Å²) in [6, 6.07) is 3.15. The molecular weight excluding hydrogens is 568 g/mol. The summed E-state index contributed by atoms with van der Waals surface area (Å²) in [5, 5.41) is 21.3. The summed E-state index contributed by atoms with van der Waals surface area (Å²) in [5.41, 5.74) is 5.96. The number of rotatable bonds is 16. The predicted octanol–water partition coefficient (Wildman–Crippen LogP) is 2.28. The van der Waals surface area contributed by atoms with Crippen LogP contribution in [0.4, 0.5) is 20.1 Å². The van der Waals surface area contributed by atoms with Crippen molar-refractivity contribution >= 4 is 29.8 Å². The van der Waals surface area contributed by atoms with Gasteiger partial charge in [0.1, 0.15) is 5.60 Å². The molecule has 7 N–H and O–H groups in total. The number of amides is 5. The van der Waals surface area contributed by atoms with E-state index in [0.29, 0.717) is 29.7 Å². The summed E-state index contributed by atoms with van der Waals surface area (Å²) < 4.78 is 10.4. The molecule has 0 heterocycles. The van der Waals surface area contributed by atoms with E-state index in [0.717, 1.165) is 0 Å². The van der Waals surface area contributed by atoms with Gasteiger partial charge in [-0.25, -0.2) is 14.4 Å². The third-order valence-electron chi connectivity index (χ3n) is 6.20. The minimum atomic E-state index is -0.719. The molecule has 13 heteroatoms. The molecule has 0 bridgehead atoms. The van der Waals surface area contributed by atoms with Gasteiger partial charge in [-0.2, -0.15) is 0 Å². The van der Waals surface area contributed by atoms with Crippen molar-refractivity contribution in [2.24, 2.45) is 11.7 Å². The number of benzene rings is 1. The summed E-state index contributed by atoms with van der Waals surface area (Å²) in [4.78, 5) is 50.7. The first-order valence-corrected chi connectivity index (χ1v) is 14.3. The van der Waals surface area contributed by atoms with Crippen LogP contribution in [0.5, 0.6) is 0 Å². The number of carbonyl (C=O) groups excluding carboxylic acids is 4. The van der Waals surface area contributed by atoms with Gasteiger partial charge in [-0.05, 0) is 62.8 Å². The Labute approximate surface area is 260 Å². The highest BCUT2D eigenvalue weighted by molar-refractivity contribution is 5.95. The van der Waals surface area contributed by atoms with E-state index < -0.39 is 29.9 Å². The Morgan fingerprint density at radius 2 is 1.82 bits per heavy atom. The fraction of sp³-hybridized carbons (Fsp3) is 0.548. The Balaban J connectivity index is 3.13. The first-order valence-electron chi connectivity index (χ1n) is 14.3. The quantitative estimate of drug-likeness (QED) is 0.121. The third kappa shape index (κ3) is 14.6. The van der Waals surface area contributed by atoms with Crippen molar-refractivity contribution in [3.05, 3.63) is 29.3 Å². The van der Waals surface area contributed by atoms with E-state index in [2.05, 4.69) is 33.1 Å². The van der Waals surface area contributed by atoms with Gasteiger partial charge in [-0.3, -0.25) is 9.69 Å². The molecule has 0 aliphatic carbocycles. The highest BCUT2D eigenvalue weighted by Crippen LogP contribution is 2.20. The lowest BCUT2D eigenvalue weighted by molar-refractivity contribution is -0.118. The number of primary amides is 1. The Kier molecular flexibility index (Phi) is 16.2. The van der Waals surface area contributed by atoms with Gasteiger partial charge in [-0.1, -0.05) is 31.8 Å². The zero-order chi connectivity index (χ0) is 33.3. The highest BCUT2D eigenvalue weighted by Gasteiger charge is 2.25. The molecule has 0 saturated heterocycles. The Bertz CT molecular complexity index is 1200. The summed E-state index contributed by atoms with van der Waals surface area (Å²) in [6.45, 7) is 9.10. The molecule has 5 amide bonds. The van der Waals surface area contributed by atoms with Gasteiger partial charge in [0, 0.05) is 24.8 Å². The molecule has 0 fully saturated rings. The van der Waals surface area contributed by atoms with Gasteiger partial charge in [0.05, 0.1) is 25.7 Å². The van der Waals surface area contributed by atoms with Gasteiger partial charge in [0.2, 0.25) is 5.91 Å². The normalized spacial score (nSPS) is 12.2. The second-order valence-electron chi connectivity index (χ2n) is 11.3. The molecule has 2 atom stereocenters. The second kappa shape index (κ2) is 18.9. The lowest BCUT2D eigenvalue weighted by atomic mass is 10.0. The molecule has 1 aromatic carbocycles. The zero-order valence-electron chi connectivity index (χ0n) is 26.2. The number of nitrogens with one attached hydrogen (secondary N) is 4. The van der Waals surface area contributed by atoms with Crippen LogP contribution in [-0.2, 0) is 27.4 Å². The summed E-state index contributed by atoms with van der Waals surface area (Å²) in [7, 11) is 0. The molecule has 242 valence electrons. The maximum atomic E-state index is 13.5. The number of alkyl carbamates (subject to hydrolysis) is 1. The Morgan fingerprint density at radius 1 is 1.11 bits per heavy atom. The van der Waals surface area contributed by atoms with Crippen LogP contribution in [0.15, 0.2) is 18.2 Å². The maximum absolute atomic E-state index is 13.5. The fourth-order valence-electron chi connectivity index (χ4n) is 3.96. The number of urea groups is 1. The number of ether oxygens (including phenoxy) is 2. The van der Waals surface area contributed by atoms with Crippen molar-refractivity contribution in [2.45, 2.75) is 78.3 Å². The van der Waals surface area contributed by atoms with Gasteiger partial charge in [0.25, 0.3) is 0 Å². The van der Waals surface area contributed by atoms with Crippen LogP contribution in [0.2, 0.25) is 0 Å². The van der Waals surface area contributed by atoms with Crippen molar-refractivity contribution in [1.82, 2.24) is 20.9 Å². The van der Waals surface area contributed by atoms with Gasteiger partial charge in [-0.15, -0.1) is 12.8 Å². The summed E-state index contributed by atoms with van der Waals surface area (Å²) in [6.07, 6.45) is 10.1. The molecule has 0 spiro atoms. The van der Waals surface area contributed by atoms with Crippen LogP contribution >= 0.6 is 0 Å². The van der Waals surface area contributed by atoms with Gasteiger partial charge in [0.15, 0.2) is 6.61 Å².